The number of amides is 10. The third kappa shape index (κ3) is 25.3. The van der Waals surface area contributed by atoms with Crippen LogP contribution < -0.4 is 53.3 Å². The van der Waals surface area contributed by atoms with E-state index >= 15 is 0 Å². The Bertz CT molecular complexity index is 4500. The van der Waals surface area contributed by atoms with E-state index in [2.05, 4.69) is 10.6 Å². The molecule has 630 valence electrons. The van der Waals surface area contributed by atoms with Crippen LogP contribution in [-0.2, 0) is 28.5 Å². The molecule has 38 nitrogen and oxygen atoms in total. The van der Waals surface area contributed by atoms with E-state index in [1.807, 2.05) is 0 Å². The third-order valence-corrected chi connectivity index (χ3v) is 19.6. The topological polar surface area (TPSA) is 398 Å². The minimum atomic E-state index is -0.709. The molecule has 0 spiro atoms. The third-order valence-electron chi connectivity index (χ3n) is 19.6. The van der Waals surface area contributed by atoms with Crippen LogP contribution >= 0.6 is 0 Å². The minimum Gasteiger partial charge on any atom is -0.447 e. The molecule has 38 heteroatoms. The SMILES string of the molecule is O=C(Oc1ccc(OC(=O)N2CCN(C(=O)CCOCCOC(=O)N3CCN(C(=O)Oc4ccc(C(=O)Oc5ccc(OC(=O)N6CCN(C(=O)CCOCCOC(=O)N7CCN(C(=O)Oc8ccc(C(=O)Oc9ccc(OC(=O)N%10CCNCC%10)cc9)cc8)CC7)CC6)cc5)cc4)CC3)CC2)cc1)c1ccc(OC(=O)N2CCNCC2)cc1. The normalized spacial score (nSPS) is 15.6. The van der Waals surface area contributed by atoms with Gasteiger partial charge in [0.1, 0.15) is 65.0 Å². The van der Waals surface area contributed by atoms with Gasteiger partial charge in [0.05, 0.1) is 56.0 Å². The Morgan fingerprint density at radius 3 is 0.622 bits per heavy atom. The fourth-order valence-electron chi connectivity index (χ4n) is 12.7. The molecule has 2 N–H and O–H groups in total. The molecular weight excluding hydrogens is 1560 g/mol. The number of carbonyl (C=O) groups is 13. The highest BCUT2D eigenvalue weighted by Crippen LogP contribution is 2.27. The summed E-state index contributed by atoms with van der Waals surface area (Å²) in [5, 5.41) is 6.34. The van der Waals surface area contributed by atoms with E-state index in [-0.39, 0.29) is 226 Å². The molecule has 10 amide bonds. The summed E-state index contributed by atoms with van der Waals surface area (Å²) in [4.78, 5) is 182. The van der Waals surface area contributed by atoms with E-state index < -0.39 is 66.7 Å². The zero-order chi connectivity index (χ0) is 83.4. The van der Waals surface area contributed by atoms with Crippen LogP contribution in [0, 0.1) is 0 Å². The minimum absolute atomic E-state index is 0.0390. The fraction of sp³-hybridized carbons (Fsp3) is 0.395. The summed E-state index contributed by atoms with van der Waals surface area (Å²) in [6.07, 6.45) is -4.52. The van der Waals surface area contributed by atoms with Gasteiger partial charge in [-0.3, -0.25) is 9.59 Å². The molecule has 6 heterocycles. The Kier molecular flexibility index (Phi) is 30.4. The Morgan fingerprint density at radius 2 is 0.395 bits per heavy atom. The lowest BCUT2D eigenvalue weighted by atomic mass is 10.2. The zero-order valence-corrected chi connectivity index (χ0v) is 65.1. The van der Waals surface area contributed by atoms with E-state index in [0.29, 0.717) is 63.9 Å². The van der Waals surface area contributed by atoms with Crippen molar-refractivity contribution in [2.45, 2.75) is 12.8 Å². The summed E-state index contributed by atoms with van der Waals surface area (Å²) in [6, 6.07) is 35.4. The van der Waals surface area contributed by atoms with Crippen molar-refractivity contribution >= 4 is 78.5 Å². The molecule has 0 saturated carbocycles. The van der Waals surface area contributed by atoms with Crippen molar-refractivity contribution in [1.82, 2.24) is 59.6 Å². The maximum Gasteiger partial charge on any atom is 0.415 e. The highest BCUT2D eigenvalue weighted by atomic mass is 16.6. The van der Waals surface area contributed by atoms with Gasteiger partial charge in [-0.15, -0.1) is 0 Å². The standard InChI is InChI=1S/C81H90N12O26/c94-69(84-35-39-90(40-36-84)78(103)118-67-21-15-61(16-22-67)112-71(96)57-1-7-63(8-2-57)114-76(101)86-31-27-82-28-32-86)25-51-107-54-56-110-75(100)89-45-49-93(50-46-89)81(106)116-65-11-5-59(6-12-65)73(98)113-62-17-23-68(24-18-62)119-79(104)91-41-37-85(38-42-91)70(95)26-52-108-53-55-109-74(99)88-43-47-92(48-44-88)80(105)115-64-9-3-58(4-10-64)72(97)111-60-13-19-66(20-14-60)117-77(102)87-33-29-83-30-34-87/h1-24,82-83H,25-56H2. The molecule has 6 aliphatic rings. The maximum atomic E-state index is 13.1. The van der Waals surface area contributed by atoms with Gasteiger partial charge in [0, 0.05) is 157 Å². The number of hydrogen-bond donors (Lipinski definition) is 2. The molecule has 6 aromatic carbocycles. The van der Waals surface area contributed by atoms with Gasteiger partial charge < -0.3 is 121 Å². The number of hydrogen-bond acceptors (Lipinski definition) is 28. The van der Waals surface area contributed by atoms with Crippen LogP contribution in [0.4, 0.5) is 38.4 Å². The number of piperazine rings is 6. The number of nitrogens with one attached hydrogen (secondary N) is 2. The van der Waals surface area contributed by atoms with Crippen LogP contribution in [0.25, 0.3) is 0 Å². The Morgan fingerprint density at radius 1 is 0.210 bits per heavy atom. The smallest absolute Gasteiger partial charge is 0.415 e. The summed E-state index contributed by atoms with van der Waals surface area (Å²) >= 11 is 0. The van der Waals surface area contributed by atoms with Gasteiger partial charge in [-0.05, 0) is 146 Å². The highest BCUT2D eigenvalue weighted by Gasteiger charge is 2.32. The predicted octanol–water partition coefficient (Wildman–Crippen LogP) is 6.16. The van der Waals surface area contributed by atoms with Crippen LogP contribution in [0.2, 0.25) is 0 Å². The van der Waals surface area contributed by atoms with E-state index in [1.165, 1.54) is 175 Å². The first kappa shape index (κ1) is 85.1. The molecule has 0 radical (unpaired) electrons. The first-order chi connectivity index (χ1) is 57.8. The molecule has 0 unspecified atom stereocenters. The van der Waals surface area contributed by atoms with E-state index in [1.54, 1.807) is 19.6 Å². The van der Waals surface area contributed by atoms with Gasteiger partial charge in [-0.2, -0.15) is 0 Å². The lowest BCUT2D eigenvalue weighted by molar-refractivity contribution is -0.134. The average Bonchev–Trinajstić information content (AvgIpc) is 0.855. The van der Waals surface area contributed by atoms with Crippen LogP contribution in [0.5, 0.6) is 51.7 Å². The molecule has 6 saturated heterocycles. The number of carbonyl (C=O) groups excluding carboxylic acids is 13. The van der Waals surface area contributed by atoms with Gasteiger partial charge in [0.25, 0.3) is 0 Å². The Labute approximate surface area is 682 Å². The number of nitrogens with zero attached hydrogens (tertiary/aromatic N) is 10. The van der Waals surface area contributed by atoms with Crippen LogP contribution in [0.15, 0.2) is 146 Å². The summed E-state index contributed by atoms with van der Waals surface area (Å²) in [5.74, 6) is -0.379. The van der Waals surface area contributed by atoms with Crippen molar-refractivity contribution in [2.24, 2.45) is 0 Å². The van der Waals surface area contributed by atoms with Crippen molar-refractivity contribution in [1.29, 1.82) is 0 Å². The van der Waals surface area contributed by atoms with Gasteiger partial charge in [0.2, 0.25) is 11.8 Å². The second kappa shape index (κ2) is 42.5. The summed E-state index contributed by atoms with van der Waals surface area (Å²) < 4.78 is 71.2. The number of esters is 3. The van der Waals surface area contributed by atoms with Gasteiger partial charge in [-0.1, -0.05) is 0 Å². The van der Waals surface area contributed by atoms with Crippen molar-refractivity contribution in [3.63, 3.8) is 0 Å². The van der Waals surface area contributed by atoms with Crippen molar-refractivity contribution < 1.29 is 124 Å². The molecule has 119 heavy (non-hydrogen) atoms. The highest BCUT2D eigenvalue weighted by molar-refractivity contribution is 5.93. The second-order valence-corrected chi connectivity index (χ2v) is 27.5. The number of rotatable bonds is 24. The van der Waals surface area contributed by atoms with Crippen molar-refractivity contribution in [2.75, 3.05) is 197 Å². The van der Waals surface area contributed by atoms with E-state index in [0.717, 1.165) is 0 Å². The average molecular weight is 1650 g/mol. The number of ether oxygens (including phenoxy) is 13. The van der Waals surface area contributed by atoms with Crippen molar-refractivity contribution in [3.05, 3.63) is 162 Å². The zero-order valence-electron chi connectivity index (χ0n) is 65.1. The van der Waals surface area contributed by atoms with Crippen LogP contribution in [0.1, 0.15) is 43.9 Å². The maximum absolute atomic E-state index is 13.1. The lowest BCUT2D eigenvalue weighted by Crippen LogP contribution is -2.51. The molecule has 0 aromatic heterocycles. The fourth-order valence-corrected chi connectivity index (χ4v) is 12.7. The first-order valence-corrected chi connectivity index (χ1v) is 38.8. The molecule has 6 fully saturated rings. The summed E-state index contributed by atoms with van der Waals surface area (Å²) in [7, 11) is 0. The molecule has 6 aromatic rings. The Hall–Kier alpha value is -13.3. The molecule has 0 aliphatic carbocycles. The number of benzene rings is 6. The van der Waals surface area contributed by atoms with Gasteiger partial charge in [0.15, 0.2) is 0 Å². The molecular formula is C81H90N12O26. The summed E-state index contributed by atoms with van der Waals surface area (Å²) in [6.45, 7) is 8.37. The van der Waals surface area contributed by atoms with Crippen LogP contribution in [-0.4, -0.2) is 324 Å². The van der Waals surface area contributed by atoms with E-state index in [9.17, 15) is 62.3 Å². The largest absolute Gasteiger partial charge is 0.447 e. The summed E-state index contributed by atoms with van der Waals surface area (Å²) in [5.41, 5.74) is 0.593. The molecule has 0 atom stereocenters. The van der Waals surface area contributed by atoms with E-state index in [4.69, 9.17) is 61.6 Å². The van der Waals surface area contributed by atoms with Gasteiger partial charge in [-0.25, -0.2) is 52.7 Å². The molecule has 12 rings (SSSR count). The molecule has 0 bridgehead atoms. The first-order valence-electron chi connectivity index (χ1n) is 38.8. The Balaban J connectivity index is 0.443. The monoisotopic (exact) mass is 1650 g/mol. The van der Waals surface area contributed by atoms with Gasteiger partial charge >= 0.3 is 66.7 Å². The van der Waals surface area contributed by atoms with Crippen LogP contribution in [0.3, 0.4) is 0 Å². The predicted molar refractivity (Wildman–Crippen MR) is 415 cm³/mol. The quantitative estimate of drug-likeness (QED) is 0.0389. The molecule has 6 aliphatic heterocycles. The second-order valence-electron chi connectivity index (χ2n) is 27.5. The van der Waals surface area contributed by atoms with Crippen molar-refractivity contribution in [3.8, 4) is 51.7 Å². The lowest BCUT2D eigenvalue weighted by Gasteiger charge is -2.34.